The van der Waals surface area contributed by atoms with E-state index in [2.05, 4.69) is 10.0 Å². The minimum atomic E-state index is -4.31. The number of halogens is 1. The Kier molecular flexibility index (Phi) is 5.32. The molecule has 7 nitrogen and oxygen atoms in total. The monoisotopic (exact) mass is 372 g/mol. The zero-order valence-corrected chi connectivity index (χ0v) is 13.9. The van der Waals surface area contributed by atoms with Crippen LogP contribution in [0, 0.1) is 5.82 Å². The van der Waals surface area contributed by atoms with E-state index in [4.69, 9.17) is 0 Å². The molecule has 0 spiro atoms. The van der Waals surface area contributed by atoms with Crippen molar-refractivity contribution < 1.29 is 27.5 Å². The number of benzene rings is 1. The molecule has 24 heavy (non-hydrogen) atoms. The SMILES string of the molecule is CC(NC(=O)c1sccc1O)NS(=O)(=O)c1cc(C=O)ccc1F. The lowest BCUT2D eigenvalue weighted by Gasteiger charge is -2.16. The number of sulfonamides is 1. The van der Waals surface area contributed by atoms with Crippen LogP contribution in [0.1, 0.15) is 27.0 Å². The smallest absolute Gasteiger partial charge is 0.266 e. The lowest BCUT2D eigenvalue weighted by atomic mass is 10.2. The summed E-state index contributed by atoms with van der Waals surface area (Å²) in [6.07, 6.45) is -0.688. The zero-order valence-electron chi connectivity index (χ0n) is 12.3. The second kappa shape index (κ2) is 7.07. The first-order valence-electron chi connectivity index (χ1n) is 6.59. The van der Waals surface area contributed by atoms with E-state index < -0.39 is 32.8 Å². The van der Waals surface area contributed by atoms with E-state index in [-0.39, 0.29) is 16.2 Å². The predicted molar refractivity (Wildman–Crippen MR) is 85.0 cm³/mol. The van der Waals surface area contributed by atoms with Gasteiger partial charge in [-0.05, 0) is 36.6 Å². The van der Waals surface area contributed by atoms with Gasteiger partial charge in [-0.2, -0.15) is 4.72 Å². The summed E-state index contributed by atoms with van der Waals surface area (Å²) < 4.78 is 40.2. The number of hydrogen-bond donors (Lipinski definition) is 3. The van der Waals surface area contributed by atoms with Gasteiger partial charge < -0.3 is 10.4 Å². The number of carbonyl (C=O) groups is 2. The highest BCUT2D eigenvalue weighted by Crippen LogP contribution is 2.22. The molecule has 2 rings (SSSR count). The van der Waals surface area contributed by atoms with Gasteiger partial charge in [-0.3, -0.25) is 9.59 Å². The summed E-state index contributed by atoms with van der Waals surface area (Å²) in [5.41, 5.74) is -0.00280. The fraction of sp³-hybridized carbons (Fsp3) is 0.143. The quantitative estimate of drug-likeness (QED) is 0.525. The lowest BCUT2D eigenvalue weighted by molar-refractivity contribution is 0.0940. The van der Waals surface area contributed by atoms with Crippen LogP contribution in [0.4, 0.5) is 4.39 Å². The van der Waals surface area contributed by atoms with E-state index in [1.807, 2.05) is 0 Å². The molecular formula is C14H13FN2O5S2. The third-order valence-corrected chi connectivity index (χ3v) is 5.37. The van der Waals surface area contributed by atoms with Gasteiger partial charge >= 0.3 is 0 Å². The maximum absolute atomic E-state index is 13.7. The number of nitrogens with one attached hydrogen (secondary N) is 2. The Morgan fingerprint density at radius 2 is 2.08 bits per heavy atom. The normalized spacial score (nSPS) is 12.6. The second-order valence-corrected chi connectivity index (χ2v) is 7.36. The molecule has 0 saturated carbocycles. The molecule has 1 heterocycles. The van der Waals surface area contributed by atoms with Crippen molar-refractivity contribution in [3.05, 3.63) is 45.9 Å². The molecule has 0 aliphatic rings. The summed E-state index contributed by atoms with van der Waals surface area (Å²) in [4.78, 5) is 21.9. The van der Waals surface area contributed by atoms with Crippen molar-refractivity contribution in [2.45, 2.75) is 18.0 Å². The van der Waals surface area contributed by atoms with Gasteiger partial charge in [0.15, 0.2) is 0 Å². The van der Waals surface area contributed by atoms with Crippen LogP contribution in [0.2, 0.25) is 0 Å². The topological polar surface area (TPSA) is 113 Å². The van der Waals surface area contributed by atoms with Crippen molar-refractivity contribution in [3.8, 4) is 5.75 Å². The highest BCUT2D eigenvalue weighted by atomic mass is 32.2. The van der Waals surface area contributed by atoms with Crippen molar-refractivity contribution in [1.29, 1.82) is 0 Å². The van der Waals surface area contributed by atoms with E-state index in [1.165, 1.54) is 18.4 Å². The molecule has 1 aromatic heterocycles. The number of amides is 1. The molecule has 0 saturated heterocycles. The predicted octanol–water partition coefficient (Wildman–Crippen LogP) is 1.46. The van der Waals surface area contributed by atoms with Crippen molar-refractivity contribution in [2.75, 3.05) is 0 Å². The van der Waals surface area contributed by atoms with Crippen LogP contribution in [0.3, 0.4) is 0 Å². The Morgan fingerprint density at radius 3 is 2.67 bits per heavy atom. The summed E-state index contributed by atoms with van der Waals surface area (Å²) >= 11 is 0.983. The van der Waals surface area contributed by atoms with Crippen LogP contribution in [0.25, 0.3) is 0 Å². The summed E-state index contributed by atoms with van der Waals surface area (Å²) in [6, 6.07) is 4.23. The van der Waals surface area contributed by atoms with E-state index in [0.717, 1.165) is 29.5 Å². The first-order chi connectivity index (χ1) is 11.2. The van der Waals surface area contributed by atoms with Gasteiger partial charge in [0.25, 0.3) is 5.91 Å². The third kappa shape index (κ3) is 3.96. The van der Waals surface area contributed by atoms with Crippen molar-refractivity contribution in [3.63, 3.8) is 0 Å². The minimum absolute atomic E-state index is 0.00280. The summed E-state index contributed by atoms with van der Waals surface area (Å²) in [7, 11) is -4.31. The van der Waals surface area contributed by atoms with Gasteiger partial charge in [-0.15, -0.1) is 11.3 Å². The number of carbonyl (C=O) groups excluding carboxylic acids is 2. The number of aromatic hydroxyl groups is 1. The summed E-state index contributed by atoms with van der Waals surface area (Å²) in [6.45, 7) is 1.33. The Labute approximate surface area is 141 Å². The highest BCUT2D eigenvalue weighted by molar-refractivity contribution is 7.89. The average molecular weight is 372 g/mol. The Morgan fingerprint density at radius 1 is 1.38 bits per heavy atom. The van der Waals surface area contributed by atoms with E-state index in [0.29, 0.717) is 6.29 Å². The van der Waals surface area contributed by atoms with Gasteiger partial charge in [-0.25, -0.2) is 12.8 Å². The molecule has 1 amide bonds. The molecule has 0 fully saturated rings. The molecule has 0 radical (unpaired) electrons. The van der Waals surface area contributed by atoms with Crippen LogP contribution in [-0.4, -0.2) is 31.9 Å². The van der Waals surface area contributed by atoms with Gasteiger partial charge in [0.05, 0.1) is 6.17 Å². The van der Waals surface area contributed by atoms with Crippen LogP contribution in [-0.2, 0) is 10.0 Å². The first-order valence-corrected chi connectivity index (χ1v) is 8.95. The first kappa shape index (κ1) is 18.0. The Bertz CT molecular complexity index is 879. The third-order valence-electron chi connectivity index (χ3n) is 2.91. The van der Waals surface area contributed by atoms with E-state index in [1.54, 1.807) is 0 Å². The van der Waals surface area contributed by atoms with Crippen LogP contribution >= 0.6 is 11.3 Å². The van der Waals surface area contributed by atoms with Crippen LogP contribution < -0.4 is 10.0 Å². The van der Waals surface area contributed by atoms with Crippen molar-refractivity contribution in [1.82, 2.24) is 10.0 Å². The Balaban J connectivity index is 2.15. The van der Waals surface area contributed by atoms with Gasteiger partial charge in [0.2, 0.25) is 10.0 Å². The summed E-state index contributed by atoms with van der Waals surface area (Å²) in [5.74, 6) is -1.93. The summed E-state index contributed by atoms with van der Waals surface area (Å²) in [5, 5.41) is 13.3. The van der Waals surface area contributed by atoms with E-state index >= 15 is 0 Å². The van der Waals surface area contributed by atoms with Crippen molar-refractivity contribution in [2.24, 2.45) is 0 Å². The van der Waals surface area contributed by atoms with E-state index in [9.17, 15) is 27.5 Å². The molecule has 1 aromatic carbocycles. The number of hydrogen-bond acceptors (Lipinski definition) is 6. The highest BCUT2D eigenvalue weighted by Gasteiger charge is 2.23. The molecule has 2 aromatic rings. The zero-order chi connectivity index (χ0) is 17.9. The van der Waals surface area contributed by atoms with Crippen LogP contribution in [0.15, 0.2) is 34.5 Å². The number of thiophene rings is 1. The minimum Gasteiger partial charge on any atom is -0.506 e. The molecule has 0 bridgehead atoms. The second-order valence-electron chi connectivity index (χ2n) is 4.76. The lowest BCUT2D eigenvalue weighted by Crippen LogP contribution is -2.45. The number of rotatable bonds is 6. The van der Waals surface area contributed by atoms with Gasteiger partial charge in [0, 0.05) is 5.56 Å². The molecule has 1 unspecified atom stereocenters. The fourth-order valence-electron chi connectivity index (χ4n) is 1.86. The van der Waals surface area contributed by atoms with Crippen LogP contribution in [0.5, 0.6) is 5.75 Å². The molecule has 10 heteroatoms. The largest absolute Gasteiger partial charge is 0.506 e. The molecule has 3 N–H and O–H groups in total. The fourth-order valence-corrected chi connectivity index (χ4v) is 3.81. The Hall–Kier alpha value is -2.30. The average Bonchev–Trinajstić information content (AvgIpc) is 2.93. The molecule has 0 aliphatic heterocycles. The molecular weight excluding hydrogens is 359 g/mol. The maximum Gasteiger partial charge on any atom is 0.266 e. The molecule has 128 valence electrons. The van der Waals surface area contributed by atoms with Gasteiger partial charge in [0.1, 0.15) is 27.6 Å². The van der Waals surface area contributed by atoms with Gasteiger partial charge in [-0.1, -0.05) is 0 Å². The number of aldehydes is 1. The molecule has 0 aliphatic carbocycles. The molecule has 1 atom stereocenters. The maximum atomic E-state index is 13.7. The van der Waals surface area contributed by atoms with Crippen molar-refractivity contribution >= 4 is 33.6 Å². The standard InChI is InChI=1S/C14H13FN2O5S2/c1-8(16-14(20)13-11(19)4-5-23-13)17-24(21,22)12-6-9(7-18)2-3-10(12)15/h2-8,17,19H,1H3,(H,16,20).